The molecule has 0 saturated heterocycles. The van der Waals surface area contributed by atoms with Gasteiger partial charge < -0.3 is 5.32 Å². The van der Waals surface area contributed by atoms with Crippen molar-refractivity contribution in [2.45, 2.75) is 13.0 Å². The molecule has 1 N–H and O–H groups in total. The molecule has 98 valence electrons. The second kappa shape index (κ2) is 5.97. The van der Waals surface area contributed by atoms with E-state index in [0.717, 1.165) is 10.0 Å². The largest absolute Gasteiger partial charge is 0.346 e. The number of amides is 1. The number of carbonyl (C=O) groups is 1. The molecule has 0 saturated carbocycles. The van der Waals surface area contributed by atoms with Gasteiger partial charge >= 0.3 is 0 Å². The molecular weight excluding hydrogens is 309 g/mol. The van der Waals surface area contributed by atoms with Crippen molar-refractivity contribution in [3.05, 3.63) is 69.9 Å². The zero-order valence-corrected chi connectivity index (χ0v) is 11.9. The van der Waals surface area contributed by atoms with Crippen LogP contribution < -0.4 is 5.32 Å². The van der Waals surface area contributed by atoms with Crippen molar-refractivity contribution in [3.8, 4) is 0 Å². The van der Waals surface area contributed by atoms with E-state index in [1.54, 1.807) is 6.07 Å². The molecule has 0 aliphatic rings. The first kappa shape index (κ1) is 13.7. The Balaban J connectivity index is 2.11. The van der Waals surface area contributed by atoms with Crippen molar-refractivity contribution >= 4 is 21.8 Å². The number of nitrogens with one attached hydrogen (secondary N) is 1. The Hall–Kier alpha value is -1.68. The van der Waals surface area contributed by atoms with Gasteiger partial charge in [0.15, 0.2) is 0 Å². The van der Waals surface area contributed by atoms with E-state index in [2.05, 4.69) is 21.2 Å². The zero-order chi connectivity index (χ0) is 13.8. The maximum absolute atomic E-state index is 13.1. The summed E-state index contributed by atoms with van der Waals surface area (Å²) in [4.78, 5) is 12.0. The molecule has 4 heteroatoms. The van der Waals surface area contributed by atoms with Crippen molar-refractivity contribution < 1.29 is 9.18 Å². The first-order valence-corrected chi connectivity index (χ1v) is 6.67. The monoisotopic (exact) mass is 321 g/mol. The second-order valence-electron chi connectivity index (χ2n) is 4.26. The minimum Gasteiger partial charge on any atom is -0.346 e. The van der Waals surface area contributed by atoms with Crippen molar-refractivity contribution in [2.24, 2.45) is 0 Å². The van der Waals surface area contributed by atoms with Crippen molar-refractivity contribution in [2.75, 3.05) is 0 Å². The van der Waals surface area contributed by atoms with Gasteiger partial charge in [0.25, 0.3) is 5.91 Å². The Bertz CT molecular complexity index is 600. The molecule has 19 heavy (non-hydrogen) atoms. The van der Waals surface area contributed by atoms with Gasteiger partial charge in [0, 0.05) is 10.0 Å². The van der Waals surface area contributed by atoms with Crippen molar-refractivity contribution in [1.82, 2.24) is 5.32 Å². The van der Waals surface area contributed by atoms with Crippen LogP contribution in [0.15, 0.2) is 53.0 Å². The molecule has 2 nitrogen and oxygen atoms in total. The molecule has 0 spiro atoms. The third kappa shape index (κ3) is 3.64. The molecule has 2 aromatic rings. The molecule has 0 aliphatic carbocycles. The Morgan fingerprint density at radius 2 is 1.95 bits per heavy atom. The van der Waals surface area contributed by atoms with Gasteiger partial charge in [-0.2, -0.15) is 0 Å². The molecular formula is C15H13BrFNO. The van der Waals surface area contributed by atoms with E-state index < -0.39 is 5.82 Å². The van der Waals surface area contributed by atoms with Crippen LogP contribution in [0.2, 0.25) is 0 Å². The number of rotatable bonds is 3. The maximum atomic E-state index is 13.1. The topological polar surface area (TPSA) is 29.1 Å². The fourth-order valence-electron chi connectivity index (χ4n) is 1.77. The first-order chi connectivity index (χ1) is 9.06. The summed E-state index contributed by atoms with van der Waals surface area (Å²) < 4.78 is 14.0. The van der Waals surface area contributed by atoms with E-state index in [1.807, 2.05) is 31.2 Å². The fourth-order valence-corrected chi connectivity index (χ4v) is 2.19. The predicted octanol–water partition coefficient (Wildman–Crippen LogP) is 4.08. The number of hydrogen-bond donors (Lipinski definition) is 1. The predicted molar refractivity (Wildman–Crippen MR) is 76.4 cm³/mol. The van der Waals surface area contributed by atoms with Crippen LogP contribution in [0.1, 0.15) is 28.9 Å². The lowest BCUT2D eigenvalue weighted by Crippen LogP contribution is -2.26. The quantitative estimate of drug-likeness (QED) is 0.906. The van der Waals surface area contributed by atoms with Gasteiger partial charge in [-0.3, -0.25) is 4.79 Å². The summed E-state index contributed by atoms with van der Waals surface area (Å²) in [6.07, 6.45) is 0. The van der Waals surface area contributed by atoms with Gasteiger partial charge in [-0.25, -0.2) is 4.39 Å². The summed E-state index contributed by atoms with van der Waals surface area (Å²) in [7, 11) is 0. The Kier molecular flexibility index (Phi) is 4.32. The standard InChI is InChI=1S/C15H13BrFNO/c1-10(11-4-2-6-13(16)8-11)18-15(19)12-5-3-7-14(17)9-12/h2-10H,1H3,(H,18,19)/t10-/m1/s1. The second-order valence-corrected chi connectivity index (χ2v) is 5.18. The van der Waals surface area contributed by atoms with E-state index in [4.69, 9.17) is 0 Å². The van der Waals surface area contributed by atoms with Crippen LogP contribution in [0.25, 0.3) is 0 Å². The molecule has 0 aromatic heterocycles. The highest BCUT2D eigenvalue weighted by Crippen LogP contribution is 2.18. The third-order valence-corrected chi connectivity index (χ3v) is 3.28. The van der Waals surface area contributed by atoms with Gasteiger partial charge in [0.2, 0.25) is 0 Å². The maximum Gasteiger partial charge on any atom is 0.251 e. The third-order valence-electron chi connectivity index (χ3n) is 2.78. The molecule has 1 amide bonds. The van der Waals surface area contributed by atoms with E-state index in [9.17, 15) is 9.18 Å². The molecule has 0 unspecified atom stereocenters. The Morgan fingerprint density at radius 3 is 2.63 bits per heavy atom. The summed E-state index contributed by atoms with van der Waals surface area (Å²) in [5, 5.41) is 2.84. The number of carbonyl (C=O) groups excluding carboxylic acids is 1. The van der Waals surface area contributed by atoms with E-state index in [-0.39, 0.29) is 11.9 Å². The first-order valence-electron chi connectivity index (χ1n) is 5.88. The molecule has 1 atom stereocenters. The molecule has 0 heterocycles. The summed E-state index contributed by atoms with van der Waals surface area (Å²) >= 11 is 3.39. The van der Waals surface area contributed by atoms with Crippen LogP contribution >= 0.6 is 15.9 Å². The average Bonchev–Trinajstić information content (AvgIpc) is 2.38. The lowest BCUT2D eigenvalue weighted by atomic mass is 10.1. The zero-order valence-electron chi connectivity index (χ0n) is 10.4. The van der Waals surface area contributed by atoms with Gasteiger partial charge in [0.1, 0.15) is 5.82 Å². The molecule has 0 radical (unpaired) electrons. The molecule has 0 aliphatic heterocycles. The highest BCUT2D eigenvalue weighted by molar-refractivity contribution is 9.10. The summed E-state index contributed by atoms with van der Waals surface area (Å²) in [6, 6.07) is 13.2. The summed E-state index contributed by atoms with van der Waals surface area (Å²) in [6.45, 7) is 1.89. The van der Waals surface area contributed by atoms with Gasteiger partial charge in [0.05, 0.1) is 6.04 Å². The van der Waals surface area contributed by atoms with E-state index >= 15 is 0 Å². The van der Waals surface area contributed by atoms with Crippen molar-refractivity contribution in [3.63, 3.8) is 0 Å². The SMILES string of the molecule is C[C@@H](NC(=O)c1cccc(F)c1)c1cccc(Br)c1. The van der Waals surface area contributed by atoms with Crippen LogP contribution in [0, 0.1) is 5.82 Å². The lowest BCUT2D eigenvalue weighted by molar-refractivity contribution is 0.0939. The average molecular weight is 322 g/mol. The van der Waals surface area contributed by atoms with Crippen LogP contribution in [0.3, 0.4) is 0 Å². The minimum atomic E-state index is -0.414. The Morgan fingerprint density at radius 1 is 1.21 bits per heavy atom. The minimum absolute atomic E-state index is 0.145. The molecule has 2 aromatic carbocycles. The van der Waals surface area contributed by atoms with Crippen LogP contribution in [0.4, 0.5) is 4.39 Å². The molecule has 2 rings (SSSR count). The molecule has 0 bridgehead atoms. The lowest BCUT2D eigenvalue weighted by Gasteiger charge is -2.14. The van der Waals surface area contributed by atoms with Gasteiger partial charge in [-0.1, -0.05) is 34.1 Å². The summed E-state index contributed by atoms with van der Waals surface area (Å²) in [5.41, 5.74) is 1.31. The van der Waals surface area contributed by atoms with Crippen LogP contribution in [-0.2, 0) is 0 Å². The number of halogens is 2. The van der Waals surface area contributed by atoms with Crippen molar-refractivity contribution in [1.29, 1.82) is 0 Å². The van der Waals surface area contributed by atoms with Gasteiger partial charge in [-0.15, -0.1) is 0 Å². The van der Waals surface area contributed by atoms with Gasteiger partial charge in [-0.05, 0) is 42.8 Å². The van der Waals surface area contributed by atoms with E-state index in [0.29, 0.717) is 5.56 Å². The number of hydrogen-bond acceptors (Lipinski definition) is 1. The van der Waals surface area contributed by atoms with E-state index in [1.165, 1.54) is 18.2 Å². The normalized spacial score (nSPS) is 11.9. The Labute approximate surface area is 119 Å². The summed E-state index contributed by atoms with van der Waals surface area (Å²) in [5.74, 6) is -0.699. The molecule has 0 fully saturated rings. The fraction of sp³-hybridized carbons (Fsp3) is 0.133. The highest BCUT2D eigenvalue weighted by atomic mass is 79.9. The smallest absolute Gasteiger partial charge is 0.251 e. The number of benzene rings is 2. The van der Waals surface area contributed by atoms with Crippen LogP contribution in [-0.4, -0.2) is 5.91 Å². The van der Waals surface area contributed by atoms with Crippen LogP contribution in [0.5, 0.6) is 0 Å². The highest BCUT2D eigenvalue weighted by Gasteiger charge is 2.12.